The van der Waals surface area contributed by atoms with E-state index in [-0.39, 0.29) is 24.4 Å². The van der Waals surface area contributed by atoms with Gasteiger partial charge in [-0.25, -0.2) is 0 Å². The summed E-state index contributed by atoms with van der Waals surface area (Å²) in [6.07, 6.45) is -0.238. The molecule has 0 aromatic rings. The van der Waals surface area contributed by atoms with E-state index in [0.29, 0.717) is 52.9 Å². The highest BCUT2D eigenvalue weighted by atomic mass is 16.6. The second-order valence-corrected chi connectivity index (χ2v) is 9.91. The van der Waals surface area contributed by atoms with Crippen LogP contribution in [0.1, 0.15) is 0 Å². The van der Waals surface area contributed by atoms with E-state index in [4.69, 9.17) is 28.4 Å². The van der Waals surface area contributed by atoms with Crippen LogP contribution in [-0.4, -0.2) is 179 Å². The molecule has 10 heteroatoms. The van der Waals surface area contributed by atoms with E-state index in [1.807, 2.05) is 56.4 Å². The summed E-state index contributed by atoms with van der Waals surface area (Å²) in [5.41, 5.74) is 0. The Kier molecular flexibility index (Phi) is 17.5. The molecule has 0 N–H and O–H groups in total. The summed E-state index contributed by atoms with van der Waals surface area (Å²) < 4.78 is 36.5. The van der Waals surface area contributed by atoms with E-state index in [2.05, 4.69) is 19.6 Å². The van der Waals surface area contributed by atoms with Gasteiger partial charge >= 0.3 is 0 Å². The SMILES string of the molecule is CN(C)CC1OCCOCCOC(CN(C)C)C(CN(C)C)OCCOCCOC1CN(C)C. The van der Waals surface area contributed by atoms with Gasteiger partial charge in [0.2, 0.25) is 0 Å². The van der Waals surface area contributed by atoms with Crippen molar-refractivity contribution >= 4 is 0 Å². The van der Waals surface area contributed by atoms with Gasteiger partial charge in [-0.1, -0.05) is 0 Å². The third-order valence-electron chi connectivity index (χ3n) is 5.25. The summed E-state index contributed by atoms with van der Waals surface area (Å²) >= 11 is 0. The molecule has 0 saturated carbocycles. The van der Waals surface area contributed by atoms with Gasteiger partial charge in [0.15, 0.2) is 0 Å². The molecule has 0 amide bonds. The van der Waals surface area contributed by atoms with Crippen molar-refractivity contribution in [3.8, 4) is 0 Å². The summed E-state index contributed by atoms with van der Waals surface area (Å²) in [7, 11) is 16.4. The van der Waals surface area contributed by atoms with Crippen LogP contribution in [0.5, 0.6) is 0 Å². The Balaban J connectivity index is 2.78. The fourth-order valence-corrected chi connectivity index (χ4v) is 3.79. The molecule has 1 aliphatic heterocycles. The number of rotatable bonds is 8. The first-order chi connectivity index (χ1) is 16.2. The monoisotopic (exact) mass is 492 g/mol. The summed E-state index contributed by atoms with van der Waals surface area (Å²) in [4.78, 5) is 8.50. The molecule has 0 spiro atoms. The van der Waals surface area contributed by atoms with Gasteiger partial charge in [-0.15, -0.1) is 0 Å². The molecule has 1 fully saturated rings. The average molecular weight is 493 g/mol. The zero-order chi connectivity index (χ0) is 25.3. The van der Waals surface area contributed by atoms with Crippen molar-refractivity contribution in [2.75, 3.05) is 135 Å². The Bertz CT molecular complexity index is 402. The minimum Gasteiger partial charge on any atom is -0.377 e. The molecule has 34 heavy (non-hydrogen) atoms. The lowest BCUT2D eigenvalue weighted by Gasteiger charge is -2.32. The molecule has 0 aliphatic carbocycles. The maximum absolute atomic E-state index is 6.21. The maximum atomic E-state index is 6.21. The highest BCUT2D eigenvalue weighted by Crippen LogP contribution is 2.10. The Hall–Kier alpha value is -0.400. The quantitative estimate of drug-likeness (QED) is 0.456. The zero-order valence-electron chi connectivity index (χ0n) is 23.0. The van der Waals surface area contributed by atoms with Crippen LogP contribution >= 0.6 is 0 Å². The first-order valence-corrected chi connectivity index (χ1v) is 12.4. The van der Waals surface area contributed by atoms with E-state index in [1.165, 1.54) is 0 Å². The normalized spacial score (nSPS) is 27.9. The molecule has 0 bridgehead atoms. The second kappa shape index (κ2) is 18.8. The molecule has 0 radical (unpaired) electrons. The molecule has 10 nitrogen and oxygen atoms in total. The van der Waals surface area contributed by atoms with Crippen molar-refractivity contribution in [3.05, 3.63) is 0 Å². The van der Waals surface area contributed by atoms with Gasteiger partial charge in [-0.2, -0.15) is 0 Å². The molecular formula is C24H52N4O6. The standard InChI is InChI=1S/C24H52N4O6/c1-25(2)17-21-22(18-26(3)4)32-14-10-30-12-16-34-24(20-28(7)8)23(19-27(5)6)33-15-11-29-9-13-31-21/h21-24H,9-20H2,1-8H3. The third kappa shape index (κ3) is 15.6. The van der Waals surface area contributed by atoms with Gasteiger partial charge < -0.3 is 48.0 Å². The Morgan fingerprint density at radius 1 is 0.382 bits per heavy atom. The van der Waals surface area contributed by atoms with Gasteiger partial charge in [0.25, 0.3) is 0 Å². The largest absolute Gasteiger partial charge is 0.377 e. The van der Waals surface area contributed by atoms with E-state index in [9.17, 15) is 0 Å². The van der Waals surface area contributed by atoms with Crippen LogP contribution in [0.3, 0.4) is 0 Å². The Morgan fingerprint density at radius 3 is 0.765 bits per heavy atom. The van der Waals surface area contributed by atoms with E-state index < -0.39 is 0 Å². The minimum atomic E-state index is -0.0595. The van der Waals surface area contributed by atoms with Gasteiger partial charge in [0, 0.05) is 26.2 Å². The van der Waals surface area contributed by atoms with Crippen LogP contribution in [-0.2, 0) is 28.4 Å². The molecule has 4 atom stereocenters. The van der Waals surface area contributed by atoms with Crippen LogP contribution in [0.2, 0.25) is 0 Å². The molecule has 1 rings (SSSR count). The van der Waals surface area contributed by atoms with E-state index >= 15 is 0 Å². The average Bonchev–Trinajstić information content (AvgIpc) is 2.72. The molecule has 204 valence electrons. The molecule has 0 aromatic heterocycles. The van der Waals surface area contributed by atoms with E-state index in [0.717, 1.165) is 26.2 Å². The predicted octanol–water partition coefficient (Wildman–Crippen LogP) is -0.180. The van der Waals surface area contributed by atoms with Crippen molar-refractivity contribution in [1.29, 1.82) is 0 Å². The molecule has 1 aliphatic rings. The first-order valence-electron chi connectivity index (χ1n) is 12.4. The lowest BCUT2D eigenvalue weighted by Crippen LogP contribution is -2.46. The molecule has 0 aromatic carbocycles. The lowest BCUT2D eigenvalue weighted by molar-refractivity contribution is -0.124. The van der Waals surface area contributed by atoms with Crippen LogP contribution in [0.15, 0.2) is 0 Å². The Labute approximate surface area is 208 Å². The number of nitrogens with zero attached hydrogens (tertiary/aromatic N) is 4. The summed E-state index contributed by atoms with van der Waals surface area (Å²) in [5, 5.41) is 0. The van der Waals surface area contributed by atoms with Crippen LogP contribution < -0.4 is 0 Å². The molecule has 1 saturated heterocycles. The van der Waals surface area contributed by atoms with Gasteiger partial charge in [-0.3, -0.25) is 0 Å². The minimum absolute atomic E-state index is 0.0595. The smallest absolute Gasteiger partial charge is 0.0976 e. The zero-order valence-corrected chi connectivity index (χ0v) is 23.0. The predicted molar refractivity (Wildman–Crippen MR) is 135 cm³/mol. The van der Waals surface area contributed by atoms with Crippen molar-refractivity contribution in [3.63, 3.8) is 0 Å². The highest BCUT2D eigenvalue weighted by Gasteiger charge is 2.26. The van der Waals surface area contributed by atoms with Crippen molar-refractivity contribution < 1.29 is 28.4 Å². The molecular weight excluding hydrogens is 440 g/mol. The molecule has 1 heterocycles. The van der Waals surface area contributed by atoms with Crippen molar-refractivity contribution in [2.24, 2.45) is 0 Å². The highest BCUT2D eigenvalue weighted by molar-refractivity contribution is 4.77. The van der Waals surface area contributed by atoms with Crippen molar-refractivity contribution in [1.82, 2.24) is 19.6 Å². The lowest BCUT2D eigenvalue weighted by atomic mass is 10.1. The maximum Gasteiger partial charge on any atom is 0.0976 e. The fraction of sp³-hybridized carbons (Fsp3) is 1.00. The third-order valence-corrected chi connectivity index (χ3v) is 5.25. The van der Waals surface area contributed by atoms with Crippen LogP contribution in [0, 0.1) is 0 Å². The topological polar surface area (TPSA) is 68.3 Å². The number of hydrogen-bond acceptors (Lipinski definition) is 10. The number of ether oxygens (including phenoxy) is 6. The van der Waals surface area contributed by atoms with Gasteiger partial charge in [0.05, 0.1) is 77.3 Å². The number of likely N-dealkylation sites (N-methyl/N-ethyl adjacent to an activating group) is 4. The fourth-order valence-electron chi connectivity index (χ4n) is 3.79. The first kappa shape index (κ1) is 31.6. The van der Waals surface area contributed by atoms with Crippen molar-refractivity contribution in [2.45, 2.75) is 24.4 Å². The van der Waals surface area contributed by atoms with Gasteiger partial charge in [0.1, 0.15) is 0 Å². The van der Waals surface area contributed by atoms with E-state index in [1.54, 1.807) is 0 Å². The molecule has 4 unspecified atom stereocenters. The van der Waals surface area contributed by atoms with Crippen LogP contribution in [0.4, 0.5) is 0 Å². The second-order valence-electron chi connectivity index (χ2n) is 9.91. The summed E-state index contributed by atoms with van der Waals surface area (Å²) in [6, 6.07) is 0. The summed E-state index contributed by atoms with van der Waals surface area (Å²) in [5.74, 6) is 0. The van der Waals surface area contributed by atoms with Gasteiger partial charge in [-0.05, 0) is 56.4 Å². The summed E-state index contributed by atoms with van der Waals surface area (Å²) in [6.45, 7) is 7.19. The Morgan fingerprint density at radius 2 is 0.588 bits per heavy atom. The van der Waals surface area contributed by atoms with Crippen LogP contribution in [0.25, 0.3) is 0 Å². The number of hydrogen-bond donors (Lipinski definition) is 0.